The van der Waals surface area contributed by atoms with Gasteiger partial charge >= 0.3 is 0 Å². The Bertz CT molecular complexity index is 541. The number of amides is 1. The summed E-state index contributed by atoms with van der Waals surface area (Å²) in [4.78, 5) is 11.9. The fraction of sp³-hybridized carbons (Fsp3) is 0.385. The van der Waals surface area contributed by atoms with Crippen molar-refractivity contribution in [2.24, 2.45) is 0 Å². The van der Waals surface area contributed by atoms with Gasteiger partial charge in [-0.3, -0.25) is 9.89 Å². The van der Waals surface area contributed by atoms with Crippen molar-refractivity contribution in [3.8, 4) is 11.5 Å². The topological polar surface area (TPSA) is 83.0 Å². The molecule has 0 aromatic carbocycles. The molecule has 0 saturated carbocycles. The minimum atomic E-state index is -0.164. The molecule has 6 heteroatoms. The van der Waals surface area contributed by atoms with E-state index < -0.39 is 0 Å². The van der Waals surface area contributed by atoms with E-state index >= 15 is 0 Å². The van der Waals surface area contributed by atoms with Crippen LogP contribution in [0.2, 0.25) is 0 Å². The SMILES string of the molecule is O=C(NCC1CCCN1)c1cc(-c2ccco2)[nH]n1. The summed E-state index contributed by atoms with van der Waals surface area (Å²) in [5, 5.41) is 13.0. The smallest absolute Gasteiger partial charge is 0.271 e. The van der Waals surface area contributed by atoms with Gasteiger partial charge in [0, 0.05) is 18.7 Å². The van der Waals surface area contributed by atoms with E-state index in [1.54, 1.807) is 18.4 Å². The molecule has 0 radical (unpaired) electrons. The number of carbonyl (C=O) groups excluding carboxylic acids is 1. The summed E-state index contributed by atoms with van der Waals surface area (Å²) in [6, 6.07) is 5.68. The molecule has 19 heavy (non-hydrogen) atoms. The molecule has 1 aliphatic rings. The first-order valence-corrected chi connectivity index (χ1v) is 6.44. The number of aromatic amines is 1. The molecule has 3 N–H and O–H groups in total. The Labute approximate surface area is 110 Å². The Morgan fingerprint density at radius 1 is 1.58 bits per heavy atom. The van der Waals surface area contributed by atoms with Gasteiger partial charge in [-0.25, -0.2) is 0 Å². The van der Waals surface area contributed by atoms with Crippen molar-refractivity contribution in [2.75, 3.05) is 13.1 Å². The number of nitrogens with zero attached hydrogens (tertiary/aromatic N) is 1. The molecule has 1 atom stereocenters. The fourth-order valence-electron chi connectivity index (χ4n) is 2.23. The van der Waals surface area contributed by atoms with E-state index in [0.29, 0.717) is 29.7 Å². The minimum absolute atomic E-state index is 0.164. The van der Waals surface area contributed by atoms with Crippen molar-refractivity contribution in [2.45, 2.75) is 18.9 Å². The highest BCUT2D eigenvalue weighted by atomic mass is 16.3. The fourth-order valence-corrected chi connectivity index (χ4v) is 2.23. The molecule has 1 fully saturated rings. The second-order valence-electron chi connectivity index (χ2n) is 4.65. The zero-order valence-electron chi connectivity index (χ0n) is 10.5. The Balaban J connectivity index is 1.60. The highest BCUT2D eigenvalue weighted by Crippen LogP contribution is 2.17. The zero-order chi connectivity index (χ0) is 13.1. The van der Waals surface area contributed by atoms with E-state index in [0.717, 1.165) is 13.0 Å². The van der Waals surface area contributed by atoms with Crippen LogP contribution in [0.4, 0.5) is 0 Å². The van der Waals surface area contributed by atoms with Gasteiger partial charge in [0.2, 0.25) is 0 Å². The van der Waals surface area contributed by atoms with E-state index in [2.05, 4.69) is 20.8 Å². The van der Waals surface area contributed by atoms with Crippen molar-refractivity contribution < 1.29 is 9.21 Å². The number of nitrogens with one attached hydrogen (secondary N) is 3. The van der Waals surface area contributed by atoms with Crippen LogP contribution in [0.3, 0.4) is 0 Å². The molecule has 3 rings (SSSR count). The molecule has 100 valence electrons. The molecular weight excluding hydrogens is 244 g/mol. The number of rotatable bonds is 4. The van der Waals surface area contributed by atoms with E-state index in [4.69, 9.17) is 4.42 Å². The summed E-state index contributed by atoms with van der Waals surface area (Å²) in [5.41, 5.74) is 1.08. The molecule has 3 heterocycles. The monoisotopic (exact) mass is 260 g/mol. The summed E-state index contributed by atoms with van der Waals surface area (Å²) in [5.74, 6) is 0.506. The van der Waals surface area contributed by atoms with Crippen LogP contribution in [0.15, 0.2) is 28.9 Å². The van der Waals surface area contributed by atoms with Gasteiger partial charge in [0.1, 0.15) is 5.69 Å². The van der Waals surface area contributed by atoms with Gasteiger partial charge in [0.15, 0.2) is 11.5 Å². The van der Waals surface area contributed by atoms with E-state index in [1.807, 2.05) is 6.07 Å². The number of carbonyl (C=O) groups is 1. The Morgan fingerprint density at radius 2 is 2.53 bits per heavy atom. The Kier molecular flexibility index (Phi) is 3.33. The first-order chi connectivity index (χ1) is 9.33. The van der Waals surface area contributed by atoms with Crippen LogP contribution < -0.4 is 10.6 Å². The van der Waals surface area contributed by atoms with E-state index in [-0.39, 0.29) is 5.91 Å². The minimum Gasteiger partial charge on any atom is -0.463 e. The molecule has 0 spiro atoms. The van der Waals surface area contributed by atoms with Crippen molar-refractivity contribution in [3.05, 3.63) is 30.2 Å². The van der Waals surface area contributed by atoms with E-state index in [1.165, 1.54) is 6.42 Å². The van der Waals surface area contributed by atoms with Crippen LogP contribution in [0.1, 0.15) is 23.3 Å². The lowest BCUT2D eigenvalue weighted by atomic mass is 10.2. The lowest BCUT2D eigenvalue weighted by molar-refractivity contribution is 0.0945. The molecule has 0 aliphatic carbocycles. The molecule has 6 nitrogen and oxygen atoms in total. The molecule has 2 aromatic heterocycles. The largest absolute Gasteiger partial charge is 0.463 e. The van der Waals surface area contributed by atoms with Crippen molar-refractivity contribution in [1.29, 1.82) is 0 Å². The third kappa shape index (κ3) is 2.68. The highest BCUT2D eigenvalue weighted by molar-refractivity contribution is 5.93. The molecule has 1 saturated heterocycles. The normalized spacial score (nSPS) is 18.6. The maximum Gasteiger partial charge on any atom is 0.271 e. The Hall–Kier alpha value is -2.08. The molecule has 1 aliphatic heterocycles. The van der Waals surface area contributed by atoms with Crippen LogP contribution in [-0.2, 0) is 0 Å². The van der Waals surface area contributed by atoms with Gasteiger partial charge in [0.25, 0.3) is 5.91 Å². The lowest BCUT2D eigenvalue weighted by Crippen LogP contribution is -2.37. The summed E-state index contributed by atoms with van der Waals surface area (Å²) < 4.78 is 5.24. The quantitative estimate of drug-likeness (QED) is 0.770. The molecule has 1 amide bonds. The van der Waals surface area contributed by atoms with Crippen LogP contribution in [-0.4, -0.2) is 35.2 Å². The predicted molar refractivity (Wildman–Crippen MR) is 69.6 cm³/mol. The van der Waals surface area contributed by atoms with Gasteiger partial charge in [-0.15, -0.1) is 0 Å². The molecule has 1 unspecified atom stereocenters. The maximum absolute atomic E-state index is 11.9. The number of furan rings is 1. The maximum atomic E-state index is 11.9. The lowest BCUT2D eigenvalue weighted by Gasteiger charge is -2.10. The number of H-pyrrole nitrogens is 1. The van der Waals surface area contributed by atoms with E-state index in [9.17, 15) is 4.79 Å². The van der Waals surface area contributed by atoms with Crippen molar-refractivity contribution >= 4 is 5.91 Å². The van der Waals surface area contributed by atoms with Gasteiger partial charge in [-0.1, -0.05) is 0 Å². The van der Waals surface area contributed by atoms with Crippen LogP contribution >= 0.6 is 0 Å². The summed E-state index contributed by atoms with van der Waals surface area (Å²) >= 11 is 0. The van der Waals surface area contributed by atoms with Crippen LogP contribution in [0.5, 0.6) is 0 Å². The number of hydrogen-bond acceptors (Lipinski definition) is 4. The van der Waals surface area contributed by atoms with Gasteiger partial charge in [-0.2, -0.15) is 5.10 Å². The predicted octanol–water partition coefficient (Wildman–Crippen LogP) is 1.15. The second kappa shape index (κ2) is 5.27. The average molecular weight is 260 g/mol. The Morgan fingerprint density at radius 3 is 3.26 bits per heavy atom. The van der Waals surface area contributed by atoms with Crippen LogP contribution in [0.25, 0.3) is 11.5 Å². The zero-order valence-corrected chi connectivity index (χ0v) is 10.5. The van der Waals surface area contributed by atoms with Gasteiger partial charge in [0.05, 0.1) is 6.26 Å². The first-order valence-electron chi connectivity index (χ1n) is 6.44. The average Bonchev–Trinajstić information content (AvgIpc) is 3.14. The number of aromatic nitrogens is 2. The summed E-state index contributed by atoms with van der Waals surface area (Å²) in [6.07, 6.45) is 3.87. The highest BCUT2D eigenvalue weighted by Gasteiger charge is 2.17. The summed E-state index contributed by atoms with van der Waals surface area (Å²) in [6.45, 7) is 1.67. The van der Waals surface area contributed by atoms with Gasteiger partial charge < -0.3 is 15.1 Å². The molecule has 0 bridgehead atoms. The standard InChI is InChI=1S/C13H16N4O2/c18-13(15-8-9-3-1-5-14-9)11-7-10(16-17-11)12-4-2-6-19-12/h2,4,6-7,9,14H,1,3,5,8H2,(H,15,18)(H,16,17). The second-order valence-corrected chi connectivity index (χ2v) is 4.65. The van der Waals surface area contributed by atoms with Gasteiger partial charge in [-0.05, 0) is 31.5 Å². The van der Waals surface area contributed by atoms with Crippen molar-refractivity contribution in [3.63, 3.8) is 0 Å². The molecule has 2 aromatic rings. The first kappa shape index (κ1) is 12.0. The third-order valence-electron chi connectivity index (χ3n) is 3.27. The third-order valence-corrected chi connectivity index (χ3v) is 3.27. The molecular formula is C13H16N4O2. The number of hydrogen-bond donors (Lipinski definition) is 3. The van der Waals surface area contributed by atoms with Crippen molar-refractivity contribution in [1.82, 2.24) is 20.8 Å². The van der Waals surface area contributed by atoms with Crippen LogP contribution in [0, 0.1) is 0 Å². The summed E-state index contributed by atoms with van der Waals surface area (Å²) in [7, 11) is 0.